The fraction of sp³-hybridized carbons (Fsp3) is 0.125. The predicted molar refractivity (Wildman–Crippen MR) is 116 cm³/mol. The zero-order valence-corrected chi connectivity index (χ0v) is 17.5. The molecule has 0 saturated carbocycles. The van der Waals surface area contributed by atoms with E-state index in [2.05, 4.69) is 9.97 Å². The molecule has 0 fully saturated rings. The molecule has 2 heterocycles. The maximum atomic E-state index is 12.8. The van der Waals surface area contributed by atoms with E-state index in [0.29, 0.717) is 17.5 Å². The summed E-state index contributed by atoms with van der Waals surface area (Å²) in [6, 6.07) is 21.1. The first kappa shape index (κ1) is 20.6. The maximum Gasteiger partial charge on any atom is 0.385 e. The molecule has 0 spiro atoms. The Labute approximate surface area is 184 Å². The summed E-state index contributed by atoms with van der Waals surface area (Å²) in [4.78, 5) is 21.2. The summed E-state index contributed by atoms with van der Waals surface area (Å²) < 4.78 is 16.9. The number of ether oxygens (including phenoxy) is 2. The lowest BCUT2D eigenvalue weighted by Gasteiger charge is -2.14. The van der Waals surface area contributed by atoms with Crippen molar-refractivity contribution in [3.63, 3.8) is 0 Å². The van der Waals surface area contributed by atoms with Crippen LogP contribution in [0.4, 0.5) is 0 Å². The molecule has 4 aromatic rings. The third-order valence-electron chi connectivity index (χ3n) is 4.48. The fourth-order valence-corrected chi connectivity index (χ4v) is 3.34. The Morgan fingerprint density at radius 3 is 2.26 bits per heavy atom. The molecule has 156 valence electrons. The highest BCUT2D eigenvalue weighted by Gasteiger charge is 2.29. The van der Waals surface area contributed by atoms with E-state index in [9.17, 15) is 4.79 Å². The molecular weight excluding hydrogens is 416 g/mol. The van der Waals surface area contributed by atoms with Crippen molar-refractivity contribution < 1.29 is 18.7 Å². The number of rotatable bonds is 7. The molecule has 31 heavy (non-hydrogen) atoms. The minimum absolute atomic E-state index is 0.0781. The van der Waals surface area contributed by atoms with Crippen molar-refractivity contribution in [3.05, 3.63) is 107 Å². The van der Waals surface area contributed by atoms with Crippen molar-refractivity contribution in [2.45, 2.75) is 12.8 Å². The number of hydrogen-bond acceptors (Lipinski definition) is 6. The van der Waals surface area contributed by atoms with E-state index in [1.807, 2.05) is 60.7 Å². The van der Waals surface area contributed by atoms with E-state index in [1.54, 1.807) is 6.92 Å². The lowest BCUT2D eigenvalue weighted by Crippen LogP contribution is -2.10. The highest BCUT2D eigenvalue weighted by Crippen LogP contribution is 2.34. The van der Waals surface area contributed by atoms with E-state index in [1.165, 1.54) is 18.5 Å². The second kappa shape index (κ2) is 9.45. The van der Waals surface area contributed by atoms with Crippen molar-refractivity contribution in [2.75, 3.05) is 6.61 Å². The van der Waals surface area contributed by atoms with Crippen LogP contribution in [0.5, 0.6) is 11.6 Å². The summed E-state index contributed by atoms with van der Waals surface area (Å²) in [5, 5.41) is 0.349. The van der Waals surface area contributed by atoms with Gasteiger partial charge in [0, 0.05) is 12.3 Å². The second-order valence-electron chi connectivity index (χ2n) is 6.60. The molecule has 0 unspecified atom stereocenters. The topological polar surface area (TPSA) is 74.5 Å². The standard InChI is InChI=1S/C24H19ClN2O4/c1-2-29-23-21(24(28)30-19-13-18(25)14-26-15-19)31-22(27-23)20(16-9-5-3-6-10-16)17-11-7-4-8-12-17/h3-15,20H,2H2,1H3. The predicted octanol–water partition coefficient (Wildman–Crippen LogP) is 5.52. The third-order valence-corrected chi connectivity index (χ3v) is 4.69. The van der Waals surface area contributed by atoms with Crippen LogP contribution in [0.25, 0.3) is 0 Å². The van der Waals surface area contributed by atoms with E-state index in [4.69, 9.17) is 25.5 Å². The van der Waals surface area contributed by atoms with Gasteiger partial charge >= 0.3 is 5.97 Å². The number of esters is 1. The largest absolute Gasteiger partial charge is 0.475 e. The van der Waals surface area contributed by atoms with Crippen LogP contribution in [0.1, 0.15) is 40.4 Å². The number of nitrogens with zero attached hydrogens (tertiary/aromatic N) is 2. The van der Waals surface area contributed by atoms with E-state index in [0.717, 1.165) is 11.1 Å². The monoisotopic (exact) mass is 434 g/mol. The molecule has 0 saturated heterocycles. The Hall–Kier alpha value is -3.64. The summed E-state index contributed by atoms with van der Waals surface area (Å²) in [6.45, 7) is 2.11. The van der Waals surface area contributed by atoms with Crippen LogP contribution in [0, 0.1) is 0 Å². The zero-order chi connectivity index (χ0) is 21.6. The van der Waals surface area contributed by atoms with Crippen molar-refractivity contribution in [1.82, 2.24) is 9.97 Å². The second-order valence-corrected chi connectivity index (χ2v) is 7.04. The number of benzene rings is 2. The van der Waals surface area contributed by atoms with Gasteiger partial charge in [-0.25, -0.2) is 4.79 Å². The van der Waals surface area contributed by atoms with E-state index >= 15 is 0 Å². The number of carbonyl (C=O) groups is 1. The Balaban J connectivity index is 1.74. The normalized spacial score (nSPS) is 10.8. The molecule has 2 aromatic heterocycles. The minimum Gasteiger partial charge on any atom is -0.475 e. The highest BCUT2D eigenvalue weighted by atomic mass is 35.5. The molecule has 0 bridgehead atoms. The average Bonchev–Trinajstić information content (AvgIpc) is 3.19. The van der Waals surface area contributed by atoms with Gasteiger partial charge in [-0.05, 0) is 18.1 Å². The van der Waals surface area contributed by atoms with Crippen LogP contribution in [0.15, 0.2) is 83.5 Å². The van der Waals surface area contributed by atoms with Crippen LogP contribution in [0.2, 0.25) is 5.02 Å². The Morgan fingerprint density at radius 1 is 1.03 bits per heavy atom. The molecule has 0 aliphatic carbocycles. The summed E-state index contributed by atoms with van der Waals surface area (Å²) >= 11 is 5.92. The van der Waals surface area contributed by atoms with Gasteiger partial charge in [-0.3, -0.25) is 4.98 Å². The number of pyridine rings is 1. The van der Waals surface area contributed by atoms with Gasteiger partial charge in [0.1, 0.15) is 0 Å². The lowest BCUT2D eigenvalue weighted by atomic mass is 9.91. The van der Waals surface area contributed by atoms with Crippen molar-refractivity contribution >= 4 is 17.6 Å². The molecule has 0 aliphatic rings. The number of oxazole rings is 1. The Morgan fingerprint density at radius 2 is 1.68 bits per heavy atom. The van der Waals surface area contributed by atoms with Gasteiger partial charge in [-0.1, -0.05) is 72.3 Å². The Bertz CT molecular complexity index is 1120. The van der Waals surface area contributed by atoms with Gasteiger partial charge in [0.2, 0.25) is 5.89 Å². The maximum absolute atomic E-state index is 12.8. The summed E-state index contributed by atoms with van der Waals surface area (Å²) in [5.74, 6) is -0.581. The molecule has 0 amide bonds. The van der Waals surface area contributed by atoms with Crippen LogP contribution in [-0.2, 0) is 0 Å². The van der Waals surface area contributed by atoms with Gasteiger partial charge in [0.25, 0.3) is 11.6 Å². The van der Waals surface area contributed by atoms with Gasteiger partial charge in [0.15, 0.2) is 5.75 Å². The van der Waals surface area contributed by atoms with Crippen molar-refractivity contribution in [1.29, 1.82) is 0 Å². The quantitative estimate of drug-likeness (QED) is 0.356. The molecule has 4 rings (SSSR count). The summed E-state index contributed by atoms with van der Waals surface area (Å²) in [5.41, 5.74) is 1.94. The molecule has 0 radical (unpaired) electrons. The van der Waals surface area contributed by atoms with Crippen LogP contribution >= 0.6 is 11.6 Å². The smallest absolute Gasteiger partial charge is 0.385 e. The number of carbonyl (C=O) groups excluding carboxylic acids is 1. The molecule has 7 heteroatoms. The number of hydrogen-bond donors (Lipinski definition) is 0. The van der Waals surface area contributed by atoms with Crippen LogP contribution < -0.4 is 9.47 Å². The first-order valence-electron chi connectivity index (χ1n) is 9.72. The van der Waals surface area contributed by atoms with Crippen molar-refractivity contribution in [2.24, 2.45) is 0 Å². The minimum atomic E-state index is -0.744. The molecular formula is C24H19ClN2O4. The summed E-state index contributed by atoms with van der Waals surface area (Å²) in [6.07, 6.45) is 2.83. The molecule has 2 aromatic carbocycles. The fourth-order valence-electron chi connectivity index (χ4n) is 3.18. The SMILES string of the molecule is CCOc1nc(C(c2ccccc2)c2ccccc2)oc1C(=O)Oc1cncc(Cl)c1. The molecule has 0 aliphatic heterocycles. The van der Waals surface area contributed by atoms with Crippen molar-refractivity contribution in [3.8, 4) is 11.6 Å². The Kier molecular flexibility index (Phi) is 6.29. The molecule has 0 N–H and O–H groups in total. The van der Waals surface area contributed by atoms with Gasteiger partial charge in [-0.15, -0.1) is 0 Å². The van der Waals surface area contributed by atoms with Crippen LogP contribution in [0.3, 0.4) is 0 Å². The number of halogens is 1. The first-order valence-corrected chi connectivity index (χ1v) is 10.1. The highest BCUT2D eigenvalue weighted by molar-refractivity contribution is 6.30. The van der Waals surface area contributed by atoms with Crippen LogP contribution in [-0.4, -0.2) is 22.5 Å². The summed E-state index contributed by atoms with van der Waals surface area (Å²) in [7, 11) is 0. The first-order chi connectivity index (χ1) is 15.2. The van der Waals surface area contributed by atoms with E-state index in [-0.39, 0.29) is 23.3 Å². The molecule has 0 atom stereocenters. The molecule has 6 nitrogen and oxygen atoms in total. The van der Waals surface area contributed by atoms with Gasteiger partial charge in [-0.2, -0.15) is 4.98 Å². The third kappa shape index (κ3) is 4.75. The average molecular weight is 435 g/mol. The van der Waals surface area contributed by atoms with E-state index < -0.39 is 5.97 Å². The van der Waals surface area contributed by atoms with Gasteiger partial charge in [0.05, 0.1) is 23.7 Å². The zero-order valence-electron chi connectivity index (χ0n) is 16.7. The lowest BCUT2D eigenvalue weighted by molar-refractivity contribution is 0.0692. The van der Waals surface area contributed by atoms with Gasteiger partial charge < -0.3 is 13.9 Å². The number of aromatic nitrogens is 2.